The van der Waals surface area contributed by atoms with Crippen molar-refractivity contribution in [1.29, 1.82) is 0 Å². The van der Waals surface area contributed by atoms with Crippen molar-refractivity contribution in [2.45, 2.75) is 45.7 Å². The summed E-state index contributed by atoms with van der Waals surface area (Å²) >= 11 is 0. The van der Waals surface area contributed by atoms with Gasteiger partial charge in [0.1, 0.15) is 5.82 Å². The van der Waals surface area contributed by atoms with E-state index in [-0.39, 0.29) is 6.04 Å². The lowest BCUT2D eigenvalue weighted by molar-refractivity contribution is 0.324. The third-order valence-electron chi connectivity index (χ3n) is 3.53. The molecule has 2 N–H and O–H groups in total. The van der Waals surface area contributed by atoms with Crippen molar-refractivity contribution in [3.05, 3.63) is 17.7 Å². The van der Waals surface area contributed by atoms with Crippen LogP contribution >= 0.6 is 0 Å². The molecule has 17 heavy (non-hydrogen) atoms. The highest BCUT2D eigenvalue weighted by Crippen LogP contribution is 2.11. The van der Waals surface area contributed by atoms with Crippen LogP contribution in [0.4, 0.5) is 0 Å². The van der Waals surface area contributed by atoms with Crippen LogP contribution in [0.15, 0.2) is 6.20 Å². The standard InChI is InChI=1S/C13H24N4/c1-11(14)13-10-17(12(2)15-13)9-5-8-16-6-3-4-7-16/h10-11H,3-9,14H2,1-2H3/t11-/m1/s1. The number of likely N-dealkylation sites (tertiary alicyclic amines) is 1. The molecule has 1 saturated heterocycles. The normalized spacial score (nSPS) is 18.8. The van der Waals surface area contributed by atoms with Crippen molar-refractivity contribution in [2.24, 2.45) is 5.73 Å². The predicted molar refractivity (Wildman–Crippen MR) is 69.9 cm³/mol. The molecule has 0 radical (unpaired) electrons. The molecule has 0 spiro atoms. The van der Waals surface area contributed by atoms with Gasteiger partial charge in [0.05, 0.1) is 5.69 Å². The zero-order valence-electron chi connectivity index (χ0n) is 11.0. The first-order chi connectivity index (χ1) is 8.16. The summed E-state index contributed by atoms with van der Waals surface area (Å²) in [5.74, 6) is 1.08. The highest BCUT2D eigenvalue weighted by molar-refractivity contribution is 5.06. The number of imidazole rings is 1. The Balaban J connectivity index is 1.81. The molecule has 2 rings (SSSR count). The fraction of sp³-hybridized carbons (Fsp3) is 0.769. The summed E-state index contributed by atoms with van der Waals surface area (Å²) < 4.78 is 2.23. The average Bonchev–Trinajstić information content (AvgIpc) is 2.89. The zero-order chi connectivity index (χ0) is 12.3. The van der Waals surface area contributed by atoms with Gasteiger partial charge in [0, 0.05) is 18.8 Å². The molecular formula is C13H24N4. The second kappa shape index (κ2) is 5.65. The van der Waals surface area contributed by atoms with Crippen molar-refractivity contribution in [2.75, 3.05) is 19.6 Å². The topological polar surface area (TPSA) is 47.1 Å². The zero-order valence-corrected chi connectivity index (χ0v) is 11.0. The molecule has 0 aromatic carbocycles. The minimum atomic E-state index is 0.0357. The van der Waals surface area contributed by atoms with Gasteiger partial charge in [-0.1, -0.05) is 0 Å². The molecule has 4 nitrogen and oxygen atoms in total. The van der Waals surface area contributed by atoms with Gasteiger partial charge in [-0.05, 0) is 52.7 Å². The summed E-state index contributed by atoms with van der Waals surface area (Å²) in [6, 6.07) is 0.0357. The molecule has 0 saturated carbocycles. The first kappa shape index (κ1) is 12.6. The average molecular weight is 236 g/mol. The number of hydrogen-bond donors (Lipinski definition) is 1. The Morgan fingerprint density at radius 1 is 1.35 bits per heavy atom. The summed E-state index contributed by atoms with van der Waals surface area (Å²) in [7, 11) is 0. The SMILES string of the molecule is Cc1nc([C@@H](C)N)cn1CCCN1CCCC1. The Morgan fingerprint density at radius 3 is 2.65 bits per heavy atom. The predicted octanol–water partition coefficient (Wildman–Crippen LogP) is 1.70. The summed E-state index contributed by atoms with van der Waals surface area (Å²) in [6.07, 6.45) is 6.05. The molecule has 96 valence electrons. The van der Waals surface area contributed by atoms with E-state index in [1.165, 1.54) is 38.9 Å². The Bertz CT molecular complexity index is 350. The van der Waals surface area contributed by atoms with E-state index in [2.05, 4.69) is 27.6 Å². The molecule has 1 fully saturated rings. The molecule has 1 aliphatic rings. The van der Waals surface area contributed by atoms with Gasteiger partial charge in [-0.15, -0.1) is 0 Å². The molecule has 4 heteroatoms. The van der Waals surface area contributed by atoms with Crippen LogP contribution in [-0.2, 0) is 6.54 Å². The van der Waals surface area contributed by atoms with Gasteiger partial charge in [0.2, 0.25) is 0 Å². The molecule has 0 bridgehead atoms. The van der Waals surface area contributed by atoms with E-state index in [4.69, 9.17) is 5.73 Å². The third-order valence-corrected chi connectivity index (χ3v) is 3.53. The monoisotopic (exact) mass is 236 g/mol. The fourth-order valence-electron chi connectivity index (χ4n) is 2.45. The number of aromatic nitrogens is 2. The van der Waals surface area contributed by atoms with Crippen molar-refractivity contribution < 1.29 is 0 Å². The minimum Gasteiger partial charge on any atom is -0.335 e. The Kier molecular flexibility index (Phi) is 4.18. The maximum Gasteiger partial charge on any atom is 0.105 e. The second-order valence-corrected chi connectivity index (χ2v) is 5.10. The first-order valence-corrected chi connectivity index (χ1v) is 6.68. The van der Waals surface area contributed by atoms with Gasteiger partial charge in [-0.2, -0.15) is 0 Å². The lowest BCUT2D eigenvalue weighted by Crippen LogP contribution is -2.21. The van der Waals surface area contributed by atoms with Gasteiger partial charge in [-0.3, -0.25) is 0 Å². The van der Waals surface area contributed by atoms with Crippen LogP contribution in [0.1, 0.15) is 43.7 Å². The largest absolute Gasteiger partial charge is 0.335 e. The summed E-state index contributed by atoms with van der Waals surface area (Å²) in [5.41, 5.74) is 6.84. The maximum atomic E-state index is 5.84. The minimum absolute atomic E-state index is 0.0357. The molecule has 0 unspecified atom stereocenters. The van der Waals surface area contributed by atoms with Crippen LogP contribution in [-0.4, -0.2) is 34.1 Å². The summed E-state index contributed by atoms with van der Waals surface area (Å²) in [6.45, 7) is 8.88. The van der Waals surface area contributed by atoms with Crippen LogP contribution in [0.2, 0.25) is 0 Å². The maximum absolute atomic E-state index is 5.84. The molecule has 1 aliphatic heterocycles. The lowest BCUT2D eigenvalue weighted by atomic mass is 10.3. The number of aryl methyl sites for hydroxylation is 2. The summed E-state index contributed by atoms with van der Waals surface area (Å²) in [4.78, 5) is 7.04. The van der Waals surface area contributed by atoms with Gasteiger partial charge < -0.3 is 15.2 Å². The van der Waals surface area contributed by atoms with Crippen LogP contribution < -0.4 is 5.73 Å². The Morgan fingerprint density at radius 2 is 2.06 bits per heavy atom. The molecule has 0 amide bonds. The lowest BCUT2D eigenvalue weighted by Gasteiger charge is -2.14. The van der Waals surface area contributed by atoms with Crippen molar-refractivity contribution in [3.8, 4) is 0 Å². The third kappa shape index (κ3) is 3.30. The molecule has 1 aromatic rings. The molecule has 1 atom stereocenters. The first-order valence-electron chi connectivity index (χ1n) is 6.68. The van der Waals surface area contributed by atoms with E-state index in [1.807, 2.05) is 6.92 Å². The number of rotatable bonds is 5. The molecule has 1 aromatic heterocycles. The van der Waals surface area contributed by atoms with Gasteiger partial charge in [-0.25, -0.2) is 4.98 Å². The van der Waals surface area contributed by atoms with Crippen LogP contribution in [0.25, 0.3) is 0 Å². The van der Waals surface area contributed by atoms with Gasteiger partial charge >= 0.3 is 0 Å². The smallest absolute Gasteiger partial charge is 0.105 e. The quantitative estimate of drug-likeness (QED) is 0.846. The summed E-state index contributed by atoms with van der Waals surface area (Å²) in [5, 5.41) is 0. The van der Waals surface area contributed by atoms with Crippen molar-refractivity contribution in [1.82, 2.24) is 14.5 Å². The van der Waals surface area contributed by atoms with E-state index < -0.39 is 0 Å². The Labute approximate surface area is 104 Å². The van der Waals surface area contributed by atoms with Crippen LogP contribution in [0.5, 0.6) is 0 Å². The van der Waals surface area contributed by atoms with Gasteiger partial charge in [0.25, 0.3) is 0 Å². The molecule has 0 aliphatic carbocycles. The van der Waals surface area contributed by atoms with Crippen LogP contribution in [0.3, 0.4) is 0 Å². The van der Waals surface area contributed by atoms with Crippen LogP contribution in [0, 0.1) is 6.92 Å². The van der Waals surface area contributed by atoms with Crippen molar-refractivity contribution >= 4 is 0 Å². The fourth-order valence-corrected chi connectivity index (χ4v) is 2.45. The number of hydrogen-bond acceptors (Lipinski definition) is 3. The number of nitrogens with two attached hydrogens (primary N) is 1. The van der Waals surface area contributed by atoms with E-state index in [9.17, 15) is 0 Å². The van der Waals surface area contributed by atoms with E-state index in [0.717, 1.165) is 18.1 Å². The molecular weight excluding hydrogens is 212 g/mol. The van der Waals surface area contributed by atoms with Crippen molar-refractivity contribution in [3.63, 3.8) is 0 Å². The Hall–Kier alpha value is -0.870. The van der Waals surface area contributed by atoms with E-state index in [0.29, 0.717) is 0 Å². The van der Waals surface area contributed by atoms with E-state index in [1.54, 1.807) is 0 Å². The highest BCUT2D eigenvalue weighted by atomic mass is 15.1. The highest BCUT2D eigenvalue weighted by Gasteiger charge is 2.11. The van der Waals surface area contributed by atoms with E-state index >= 15 is 0 Å². The number of nitrogens with zero attached hydrogens (tertiary/aromatic N) is 3. The van der Waals surface area contributed by atoms with Gasteiger partial charge in [0.15, 0.2) is 0 Å². The molecule has 2 heterocycles. The second-order valence-electron chi connectivity index (χ2n) is 5.10.